The van der Waals surface area contributed by atoms with E-state index in [1.807, 2.05) is 6.08 Å². The van der Waals surface area contributed by atoms with E-state index in [4.69, 9.17) is 0 Å². The Morgan fingerprint density at radius 1 is 1.47 bits per heavy atom. The van der Waals surface area contributed by atoms with Gasteiger partial charge in [0.05, 0.1) is 20.1 Å². The number of rotatable bonds is 8. The third-order valence-electron chi connectivity index (χ3n) is 3.13. The molecule has 0 aromatic carbocycles. The molecule has 0 saturated heterocycles. The molecule has 2 unspecified atom stereocenters. The average molecular weight is 243 g/mol. The molecule has 17 heavy (non-hydrogen) atoms. The molecule has 100 valence electrons. The van der Waals surface area contributed by atoms with Gasteiger partial charge in [-0.15, -0.1) is 0 Å². The number of carbonyl (C=O) groups excluding carboxylic acids is 1. The van der Waals surface area contributed by atoms with Crippen LogP contribution in [-0.4, -0.2) is 48.3 Å². The van der Waals surface area contributed by atoms with Crippen LogP contribution < -0.4 is 5.11 Å². The first kappa shape index (κ1) is 16.1. The Balaban J connectivity index is 4.21. The number of carbonyl (C=O) groups is 1. The highest BCUT2D eigenvalue weighted by molar-refractivity contribution is 5.69. The van der Waals surface area contributed by atoms with Crippen LogP contribution in [0.3, 0.4) is 0 Å². The van der Waals surface area contributed by atoms with Gasteiger partial charge < -0.3 is 19.5 Å². The third-order valence-corrected chi connectivity index (χ3v) is 3.13. The van der Waals surface area contributed by atoms with Gasteiger partial charge in [0.25, 0.3) is 0 Å². The van der Waals surface area contributed by atoms with Gasteiger partial charge in [-0.25, -0.2) is 0 Å². The van der Waals surface area contributed by atoms with Crippen LogP contribution in [0.15, 0.2) is 12.2 Å². The van der Waals surface area contributed by atoms with Crippen LogP contribution in [0, 0.1) is 0 Å². The number of aliphatic hydroxyl groups is 1. The molecule has 0 heterocycles. The van der Waals surface area contributed by atoms with Crippen LogP contribution in [0.5, 0.6) is 0 Å². The number of unbranched alkanes of at least 4 members (excludes halogenated alkanes) is 2. The predicted octanol–water partition coefficient (Wildman–Crippen LogP) is 0.309. The van der Waals surface area contributed by atoms with Crippen molar-refractivity contribution in [1.82, 2.24) is 0 Å². The fraction of sp³-hybridized carbons (Fsp3) is 0.769. The van der Waals surface area contributed by atoms with Gasteiger partial charge in [0.2, 0.25) is 0 Å². The predicted molar refractivity (Wildman–Crippen MR) is 66.1 cm³/mol. The Bertz CT molecular complexity index is 261. The topological polar surface area (TPSA) is 60.4 Å². The number of nitrogens with zero attached hydrogens (tertiary/aromatic N) is 1. The molecule has 0 rings (SSSR count). The summed E-state index contributed by atoms with van der Waals surface area (Å²) < 4.78 is 0.210. The fourth-order valence-electron chi connectivity index (χ4n) is 1.56. The molecule has 0 aromatic rings. The van der Waals surface area contributed by atoms with E-state index in [-0.39, 0.29) is 4.48 Å². The van der Waals surface area contributed by atoms with Gasteiger partial charge in [-0.05, 0) is 13.3 Å². The lowest BCUT2D eigenvalue weighted by Gasteiger charge is -2.37. The highest BCUT2D eigenvalue weighted by atomic mass is 16.4. The minimum absolute atomic E-state index is 0.210. The van der Waals surface area contributed by atoms with Crippen molar-refractivity contribution >= 4 is 5.97 Å². The molecule has 0 aromatic heterocycles. The number of aliphatic hydroxyl groups excluding tert-OH is 1. The second kappa shape index (κ2) is 7.45. The molecule has 4 nitrogen and oxygen atoms in total. The first-order valence-electron chi connectivity index (χ1n) is 6.19. The number of hydrogen-bond donors (Lipinski definition) is 1. The monoisotopic (exact) mass is 243 g/mol. The Labute approximate surface area is 104 Å². The van der Waals surface area contributed by atoms with E-state index in [2.05, 4.69) is 6.92 Å². The number of aliphatic carboxylic acids is 1. The van der Waals surface area contributed by atoms with Crippen molar-refractivity contribution in [3.63, 3.8) is 0 Å². The number of carboxylic acid groups (broad SMARTS) is 1. The zero-order chi connectivity index (χ0) is 13.5. The molecule has 1 N–H and O–H groups in total. The highest BCUT2D eigenvalue weighted by Gasteiger charge is 2.27. The number of quaternary nitrogens is 1. The summed E-state index contributed by atoms with van der Waals surface area (Å²) >= 11 is 0. The van der Waals surface area contributed by atoms with Gasteiger partial charge in [0.1, 0.15) is 18.7 Å². The van der Waals surface area contributed by atoms with E-state index in [1.165, 1.54) is 0 Å². The van der Waals surface area contributed by atoms with E-state index in [0.29, 0.717) is 6.54 Å². The number of hydrogen-bond acceptors (Lipinski definition) is 3. The van der Waals surface area contributed by atoms with Gasteiger partial charge in [0, 0.05) is 0 Å². The molecule has 0 aliphatic rings. The molecule has 0 aliphatic heterocycles. The average Bonchev–Trinajstić information content (AvgIpc) is 2.22. The van der Waals surface area contributed by atoms with Crippen LogP contribution in [0.4, 0.5) is 0 Å². The number of allylic oxidation sites excluding steroid dienone is 1. The molecule has 0 radical (unpaired) electrons. The molecular weight excluding hydrogens is 218 g/mol. The van der Waals surface area contributed by atoms with Crippen LogP contribution in [-0.2, 0) is 4.79 Å². The van der Waals surface area contributed by atoms with Crippen molar-refractivity contribution in [2.75, 3.05) is 20.6 Å². The van der Waals surface area contributed by atoms with Crippen molar-refractivity contribution in [1.29, 1.82) is 0 Å². The van der Waals surface area contributed by atoms with E-state index < -0.39 is 18.1 Å². The molecule has 0 fully saturated rings. The zero-order valence-electron chi connectivity index (χ0n) is 11.3. The second-order valence-corrected chi connectivity index (χ2v) is 5.09. The van der Waals surface area contributed by atoms with Crippen molar-refractivity contribution in [3.05, 3.63) is 12.2 Å². The van der Waals surface area contributed by atoms with Crippen LogP contribution in [0.2, 0.25) is 0 Å². The smallest absolute Gasteiger partial charge is 0.126 e. The quantitative estimate of drug-likeness (QED) is 0.379. The van der Waals surface area contributed by atoms with Crippen LogP contribution >= 0.6 is 0 Å². The third kappa shape index (κ3) is 6.44. The standard InChI is InChI=1S/C13H25NO3/c1-5-6-7-8-9-12(15)10-14(3,4)11(2)13(16)17/h8-9,11-12,15H,5-7,10H2,1-4H3/b9-8+. The second-order valence-electron chi connectivity index (χ2n) is 5.09. The van der Waals surface area contributed by atoms with Gasteiger partial charge in [-0.3, -0.25) is 0 Å². The SMILES string of the molecule is CCCC/C=C/C(O)C[N+](C)(C)C(C)C(=O)[O-]. The van der Waals surface area contributed by atoms with Crippen LogP contribution in [0.1, 0.15) is 33.1 Å². The Kier molecular flexibility index (Phi) is 7.07. The maximum absolute atomic E-state index is 10.8. The van der Waals surface area contributed by atoms with Crippen LogP contribution in [0.25, 0.3) is 0 Å². The van der Waals surface area contributed by atoms with Gasteiger partial charge in [-0.2, -0.15) is 0 Å². The van der Waals surface area contributed by atoms with E-state index in [9.17, 15) is 15.0 Å². The summed E-state index contributed by atoms with van der Waals surface area (Å²) in [6, 6.07) is -0.631. The Hall–Kier alpha value is -0.870. The summed E-state index contributed by atoms with van der Waals surface area (Å²) in [5, 5.41) is 20.6. The maximum atomic E-state index is 10.8. The minimum Gasteiger partial charge on any atom is -0.544 e. The van der Waals surface area contributed by atoms with E-state index in [0.717, 1.165) is 19.3 Å². The van der Waals surface area contributed by atoms with E-state index >= 15 is 0 Å². The normalized spacial score (nSPS) is 16.1. The molecule has 0 spiro atoms. The van der Waals surface area contributed by atoms with Crippen molar-refractivity contribution < 1.29 is 19.5 Å². The molecule has 0 amide bonds. The lowest BCUT2D eigenvalue weighted by Crippen LogP contribution is -2.57. The van der Waals surface area contributed by atoms with Crippen molar-refractivity contribution in [2.24, 2.45) is 0 Å². The highest BCUT2D eigenvalue weighted by Crippen LogP contribution is 2.08. The first-order valence-corrected chi connectivity index (χ1v) is 6.19. The van der Waals surface area contributed by atoms with Gasteiger partial charge in [0.15, 0.2) is 0 Å². The zero-order valence-corrected chi connectivity index (χ0v) is 11.3. The molecule has 4 heteroatoms. The molecule has 0 saturated carbocycles. The number of carboxylic acids is 1. The van der Waals surface area contributed by atoms with E-state index in [1.54, 1.807) is 27.1 Å². The maximum Gasteiger partial charge on any atom is 0.126 e. The summed E-state index contributed by atoms with van der Waals surface area (Å²) in [6.07, 6.45) is 6.29. The molecule has 2 atom stereocenters. The van der Waals surface area contributed by atoms with Crippen molar-refractivity contribution in [2.45, 2.75) is 45.3 Å². The van der Waals surface area contributed by atoms with Gasteiger partial charge in [-0.1, -0.05) is 31.9 Å². The van der Waals surface area contributed by atoms with Gasteiger partial charge >= 0.3 is 0 Å². The molecular formula is C13H25NO3. The first-order chi connectivity index (χ1) is 7.81. The number of likely N-dealkylation sites (N-methyl/N-ethyl adjacent to an activating group) is 1. The lowest BCUT2D eigenvalue weighted by atomic mass is 10.2. The summed E-state index contributed by atoms with van der Waals surface area (Å²) in [5.74, 6) is -1.09. The Morgan fingerprint density at radius 3 is 2.53 bits per heavy atom. The summed E-state index contributed by atoms with van der Waals surface area (Å²) in [5.41, 5.74) is 0. The Morgan fingerprint density at radius 2 is 2.06 bits per heavy atom. The minimum atomic E-state index is -1.09. The molecule has 0 bridgehead atoms. The summed E-state index contributed by atoms with van der Waals surface area (Å²) in [7, 11) is 3.56. The summed E-state index contributed by atoms with van der Waals surface area (Å²) in [6.45, 7) is 4.09. The summed E-state index contributed by atoms with van der Waals surface area (Å²) in [4.78, 5) is 10.8. The fourth-order valence-corrected chi connectivity index (χ4v) is 1.56. The largest absolute Gasteiger partial charge is 0.544 e. The lowest BCUT2D eigenvalue weighted by molar-refractivity contribution is -0.908. The molecule has 0 aliphatic carbocycles. The van der Waals surface area contributed by atoms with Crippen molar-refractivity contribution in [3.8, 4) is 0 Å².